The fraction of sp³-hybridized carbons (Fsp3) is 0.600. The minimum absolute atomic E-state index is 0.191. The minimum atomic E-state index is 0.191. The second-order valence-electron chi connectivity index (χ2n) is 5.36. The van der Waals surface area contributed by atoms with E-state index in [0.29, 0.717) is 12.5 Å². The highest BCUT2D eigenvalue weighted by molar-refractivity contribution is 5.78. The molecule has 0 unspecified atom stereocenters. The standard InChI is InChI=1S/C15H23N3O/c16-10-12-3-5-14(6-4-12)15(19)18-9-7-13-2-1-8-17-11-13/h1-2,8,11-12,14H,3-7,9-10,16H2,(H,18,19). The molecular formula is C15H23N3O. The molecular weight excluding hydrogens is 238 g/mol. The van der Waals surface area contributed by atoms with Crippen LogP contribution in [0.4, 0.5) is 0 Å². The average Bonchev–Trinajstić information content (AvgIpc) is 2.48. The van der Waals surface area contributed by atoms with E-state index >= 15 is 0 Å². The van der Waals surface area contributed by atoms with Crippen molar-refractivity contribution in [2.45, 2.75) is 32.1 Å². The van der Waals surface area contributed by atoms with E-state index in [-0.39, 0.29) is 11.8 Å². The van der Waals surface area contributed by atoms with Gasteiger partial charge in [0.1, 0.15) is 0 Å². The molecule has 4 nitrogen and oxygen atoms in total. The third-order valence-corrected chi connectivity index (χ3v) is 3.99. The summed E-state index contributed by atoms with van der Waals surface area (Å²) in [5.41, 5.74) is 6.82. The van der Waals surface area contributed by atoms with Crippen molar-refractivity contribution in [1.82, 2.24) is 10.3 Å². The first-order chi connectivity index (χ1) is 9.29. The summed E-state index contributed by atoms with van der Waals surface area (Å²) >= 11 is 0. The predicted molar refractivity (Wildman–Crippen MR) is 75.5 cm³/mol. The molecule has 0 spiro atoms. The van der Waals surface area contributed by atoms with Gasteiger partial charge in [0.25, 0.3) is 0 Å². The van der Waals surface area contributed by atoms with Gasteiger partial charge in [-0.1, -0.05) is 6.07 Å². The van der Waals surface area contributed by atoms with Crippen LogP contribution in [-0.4, -0.2) is 24.0 Å². The molecule has 0 radical (unpaired) electrons. The summed E-state index contributed by atoms with van der Waals surface area (Å²) in [4.78, 5) is 16.1. The number of rotatable bonds is 5. The summed E-state index contributed by atoms with van der Waals surface area (Å²) in [7, 11) is 0. The lowest BCUT2D eigenvalue weighted by Gasteiger charge is -2.26. The first-order valence-corrected chi connectivity index (χ1v) is 7.16. The van der Waals surface area contributed by atoms with Gasteiger partial charge in [-0.25, -0.2) is 0 Å². The number of nitrogens with two attached hydrogens (primary N) is 1. The Bertz CT molecular complexity index is 386. The Morgan fingerprint density at radius 2 is 2.16 bits per heavy atom. The van der Waals surface area contributed by atoms with Gasteiger partial charge in [0.2, 0.25) is 5.91 Å². The molecule has 1 fully saturated rings. The molecule has 0 aromatic carbocycles. The molecule has 0 bridgehead atoms. The molecule has 1 saturated carbocycles. The summed E-state index contributed by atoms with van der Waals surface area (Å²) in [5, 5.41) is 3.04. The maximum absolute atomic E-state index is 12.0. The quantitative estimate of drug-likeness (QED) is 0.844. The Morgan fingerprint density at radius 1 is 1.37 bits per heavy atom. The highest BCUT2D eigenvalue weighted by atomic mass is 16.1. The second kappa shape index (κ2) is 7.24. The highest BCUT2D eigenvalue weighted by Crippen LogP contribution is 2.28. The van der Waals surface area contributed by atoms with Crippen LogP contribution < -0.4 is 11.1 Å². The number of pyridine rings is 1. The SMILES string of the molecule is NCC1CCC(C(=O)NCCc2cccnc2)CC1. The van der Waals surface area contributed by atoms with E-state index in [1.165, 1.54) is 0 Å². The predicted octanol–water partition coefficient (Wildman–Crippen LogP) is 1.51. The molecule has 2 rings (SSSR count). The van der Waals surface area contributed by atoms with E-state index in [0.717, 1.165) is 44.2 Å². The van der Waals surface area contributed by atoms with E-state index in [1.807, 2.05) is 18.3 Å². The first-order valence-electron chi connectivity index (χ1n) is 7.16. The lowest BCUT2D eigenvalue weighted by molar-refractivity contribution is -0.126. The van der Waals surface area contributed by atoms with Crippen molar-refractivity contribution in [2.24, 2.45) is 17.6 Å². The highest BCUT2D eigenvalue weighted by Gasteiger charge is 2.25. The molecule has 1 aromatic heterocycles. The monoisotopic (exact) mass is 261 g/mol. The molecule has 1 aromatic rings. The van der Waals surface area contributed by atoms with Gasteiger partial charge in [-0.3, -0.25) is 9.78 Å². The van der Waals surface area contributed by atoms with E-state index in [2.05, 4.69) is 10.3 Å². The van der Waals surface area contributed by atoms with Crippen molar-refractivity contribution in [1.29, 1.82) is 0 Å². The Labute approximate surface area is 114 Å². The topological polar surface area (TPSA) is 68.0 Å². The number of nitrogens with zero attached hydrogens (tertiary/aromatic N) is 1. The Kier molecular flexibility index (Phi) is 5.33. The average molecular weight is 261 g/mol. The van der Waals surface area contributed by atoms with Gasteiger partial charge in [0, 0.05) is 24.9 Å². The van der Waals surface area contributed by atoms with Gasteiger partial charge >= 0.3 is 0 Å². The van der Waals surface area contributed by atoms with Crippen molar-refractivity contribution >= 4 is 5.91 Å². The third-order valence-electron chi connectivity index (χ3n) is 3.99. The van der Waals surface area contributed by atoms with Crippen LogP contribution in [0.25, 0.3) is 0 Å². The summed E-state index contributed by atoms with van der Waals surface area (Å²) in [6, 6.07) is 3.96. The van der Waals surface area contributed by atoms with Gasteiger partial charge in [-0.05, 0) is 56.2 Å². The van der Waals surface area contributed by atoms with Crippen molar-refractivity contribution in [2.75, 3.05) is 13.1 Å². The zero-order valence-corrected chi connectivity index (χ0v) is 11.3. The van der Waals surface area contributed by atoms with Gasteiger partial charge < -0.3 is 11.1 Å². The fourth-order valence-corrected chi connectivity index (χ4v) is 2.68. The van der Waals surface area contributed by atoms with Crippen LogP contribution in [0.1, 0.15) is 31.2 Å². The van der Waals surface area contributed by atoms with Crippen LogP contribution >= 0.6 is 0 Å². The summed E-state index contributed by atoms with van der Waals surface area (Å²) in [6.07, 6.45) is 8.61. The number of nitrogens with one attached hydrogen (secondary N) is 1. The van der Waals surface area contributed by atoms with E-state index in [4.69, 9.17) is 5.73 Å². The van der Waals surface area contributed by atoms with Crippen molar-refractivity contribution in [3.05, 3.63) is 30.1 Å². The molecule has 1 aliphatic rings. The van der Waals surface area contributed by atoms with Crippen molar-refractivity contribution in [3.63, 3.8) is 0 Å². The molecule has 3 N–H and O–H groups in total. The molecule has 0 saturated heterocycles. The van der Waals surface area contributed by atoms with Crippen LogP contribution in [0.3, 0.4) is 0 Å². The van der Waals surface area contributed by atoms with Gasteiger partial charge in [0.15, 0.2) is 0 Å². The van der Waals surface area contributed by atoms with Gasteiger partial charge in [-0.2, -0.15) is 0 Å². The Hall–Kier alpha value is -1.42. The minimum Gasteiger partial charge on any atom is -0.356 e. The number of carbonyl (C=O) groups is 1. The number of aromatic nitrogens is 1. The summed E-state index contributed by atoms with van der Waals surface area (Å²) < 4.78 is 0. The Balaban J connectivity index is 1.67. The maximum atomic E-state index is 12.0. The van der Waals surface area contributed by atoms with Crippen LogP contribution in [0.2, 0.25) is 0 Å². The van der Waals surface area contributed by atoms with E-state index in [1.54, 1.807) is 6.20 Å². The van der Waals surface area contributed by atoms with Crippen molar-refractivity contribution < 1.29 is 4.79 Å². The van der Waals surface area contributed by atoms with Crippen LogP contribution in [0.5, 0.6) is 0 Å². The second-order valence-corrected chi connectivity index (χ2v) is 5.36. The largest absolute Gasteiger partial charge is 0.356 e. The molecule has 1 aliphatic carbocycles. The van der Waals surface area contributed by atoms with Crippen LogP contribution in [0, 0.1) is 11.8 Å². The molecule has 1 heterocycles. The molecule has 1 amide bonds. The molecule has 0 aliphatic heterocycles. The van der Waals surface area contributed by atoms with E-state index < -0.39 is 0 Å². The fourth-order valence-electron chi connectivity index (χ4n) is 2.68. The Morgan fingerprint density at radius 3 is 2.79 bits per heavy atom. The lowest BCUT2D eigenvalue weighted by Crippen LogP contribution is -2.35. The lowest BCUT2D eigenvalue weighted by atomic mass is 9.81. The zero-order chi connectivity index (χ0) is 13.5. The van der Waals surface area contributed by atoms with E-state index in [9.17, 15) is 4.79 Å². The molecule has 4 heteroatoms. The smallest absolute Gasteiger partial charge is 0.223 e. The van der Waals surface area contributed by atoms with Crippen LogP contribution in [-0.2, 0) is 11.2 Å². The number of carbonyl (C=O) groups excluding carboxylic acids is 1. The molecule has 0 atom stereocenters. The molecule has 104 valence electrons. The van der Waals surface area contributed by atoms with Crippen LogP contribution in [0.15, 0.2) is 24.5 Å². The third kappa shape index (κ3) is 4.31. The maximum Gasteiger partial charge on any atom is 0.223 e. The summed E-state index contributed by atoms with van der Waals surface area (Å²) in [6.45, 7) is 1.46. The molecule has 19 heavy (non-hydrogen) atoms. The van der Waals surface area contributed by atoms with Gasteiger partial charge in [-0.15, -0.1) is 0 Å². The normalized spacial score (nSPS) is 23.0. The first kappa shape index (κ1) is 14.0. The number of amides is 1. The van der Waals surface area contributed by atoms with Gasteiger partial charge in [0.05, 0.1) is 0 Å². The zero-order valence-electron chi connectivity index (χ0n) is 11.3. The number of hydrogen-bond acceptors (Lipinski definition) is 3. The summed E-state index contributed by atoms with van der Waals surface area (Å²) in [5.74, 6) is 1.02. The number of hydrogen-bond donors (Lipinski definition) is 2. The van der Waals surface area contributed by atoms with Crippen molar-refractivity contribution in [3.8, 4) is 0 Å².